The summed E-state index contributed by atoms with van der Waals surface area (Å²) in [4.78, 5) is 20.3. The minimum absolute atomic E-state index is 0.0429. The first kappa shape index (κ1) is 23.3. The van der Waals surface area contributed by atoms with Gasteiger partial charge in [-0.3, -0.25) is 14.6 Å². The van der Waals surface area contributed by atoms with Crippen molar-refractivity contribution < 1.29 is 14.3 Å². The van der Waals surface area contributed by atoms with Crippen molar-refractivity contribution in [3.8, 4) is 11.5 Å². The molecule has 2 saturated heterocycles. The maximum absolute atomic E-state index is 12.9. The molecule has 3 aliphatic rings. The van der Waals surface area contributed by atoms with Crippen LogP contribution in [0.5, 0.6) is 11.5 Å². The van der Waals surface area contributed by atoms with Gasteiger partial charge in [-0.2, -0.15) is 0 Å². The average Bonchev–Trinajstić information content (AvgIpc) is 3.03. The number of nitrogens with one attached hydrogen (secondary N) is 1. The summed E-state index contributed by atoms with van der Waals surface area (Å²) in [6, 6.07) is 6.69. The number of carbonyl (C=O) groups is 1. The lowest BCUT2D eigenvalue weighted by atomic mass is 9.95. The lowest BCUT2D eigenvalue weighted by molar-refractivity contribution is -0.123. The quantitative estimate of drug-likeness (QED) is 0.727. The van der Waals surface area contributed by atoms with Crippen molar-refractivity contribution in [2.75, 3.05) is 66.1 Å². The highest BCUT2D eigenvalue weighted by atomic mass is 16.5. The largest absolute Gasteiger partial charge is 0.490 e. The highest BCUT2D eigenvalue weighted by molar-refractivity contribution is 5.78. The number of piperazine rings is 1. The zero-order valence-corrected chi connectivity index (χ0v) is 20.0. The van der Waals surface area contributed by atoms with Crippen LogP contribution in [0.4, 0.5) is 0 Å². The number of fused-ring (bicyclic) bond motifs is 1. The van der Waals surface area contributed by atoms with E-state index in [-0.39, 0.29) is 17.9 Å². The Hall–Kier alpha value is -1.83. The van der Waals surface area contributed by atoms with Gasteiger partial charge >= 0.3 is 0 Å². The first-order chi connectivity index (χ1) is 15.5. The third-order valence-electron chi connectivity index (χ3n) is 7.00. The molecule has 7 nitrogen and oxygen atoms in total. The maximum atomic E-state index is 12.9. The Labute approximate surface area is 193 Å². The van der Waals surface area contributed by atoms with E-state index in [1.165, 1.54) is 25.9 Å². The first-order valence-corrected chi connectivity index (χ1v) is 12.3. The second-order valence-electron chi connectivity index (χ2n) is 9.92. The zero-order chi connectivity index (χ0) is 22.5. The van der Waals surface area contributed by atoms with Crippen LogP contribution in [-0.2, 0) is 4.79 Å². The summed E-state index contributed by atoms with van der Waals surface area (Å²) >= 11 is 0. The molecule has 2 atom stereocenters. The van der Waals surface area contributed by atoms with Crippen LogP contribution in [-0.4, -0.2) is 92.7 Å². The number of rotatable bonds is 6. The number of carbonyl (C=O) groups excluding carboxylic acids is 1. The van der Waals surface area contributed by atoms with Crippen LogP contribution in [0.1, 0.15) is 44.7 Å². The molecule has 0 radical (unpaired) electrons. The Bertz CT molecular complexity index is 764. The minimum Gasteiger partial charge on any atom is -0.490 e. The van der Waals surface area contributed by atoms with Crippen molar-refractivity contribution >= 4 is 5.91 Å². The number of nitrogens with zero attached hydrogens (tertiary/aromatic N) is 3. The summed E-state index contributed by atoms with van der Waals surface area (Å²) in [6.45, 7) is 12.5. The van der Waals surface area contributed by atoms with Crippen LogP contribution < -0.4 is 14.8 Å². The summed E-state index contributed by atoms with van der Waals surface area (Å²) in [5.41, 5.74) is 1.07. The van der Waals surface area contributed by atoms with E-state index < -0.39 is 0 Å². The molecular formula is C25H40N4O3. The number of ether oxygens (including phenoxy) is 2. The normalized spacial score (nSPS) is 24.2. The van der Waals surface area contributed by atoms with Gasteiger partial charge in [-0.05, 0) is 50.0 Å². The Balaban J connectivity index is 1.30. The van der Waals surface area contributed by atoms with Gasteiger partial charge in [-0.25, -0.2) is 0 Å². The van der Waals surface area contributed by atoms with Crippen LogP contribution in [0.15, 0.2) is 18.2 Å². The topological polar surface area (TPSA) is 57.3 Å². The molecule has 0 aromatic heterocycles. The van der Waals surface area contributed by atoms with E-state index in [0.717, 1.165) is 49.7 Å². The molecule has 178 valence electrons. The van der Waals surface area contributed by atoms with Gasteiger partial charge in [0.15, 0.2) is 11.5 Å². The summed E-state index contributed by atoms with van der Waals surface area (Å²) < 4.78 is 11.6. The van der Waals surface area contributed by atoms with Crippen LogP contribution >= 0.6 is 0 Å². The van der Waals surface area contributed by atoms with Crippen LogP contribution in [0, 0.1) is 5.92 Å². The van der Waals surface area contributed by atoms with E-state index in [1.807, 2.05) is 12.1 Å². The van der Waals surface area contributed by atoms with Gasteiger partial charge < -0.3 is 19.7 Å². The molecule has 1 amide bonds. The van der Waals surface area contributed by atoms with Crippen LogP contribution in [0.3, 0.4) is 0 Å². The third kappa shape index (κ3) is 5.94. The van der Waals surface area contributed by atoms with E-state index in [2.05, 4.69) is 47.0 Å². The second kappa shape index (κ2) is 10.9. The molecule has 0 bridgehead atoms. The lowest BCUT2D eigenvalue weighted by Gasteiger charge is -2.42. The first-order valence-electron chi connectivity index (χ1n) is 12.3. The molecule has 32 heavy (non-hydrogen) atoms. The summed E-state index contributed by atoms with van der Waals surface area (Å²) in [5.74, 6) is 1.96. The average molecular weight is 445 g/mol. The number of hydrogen-bond donors (Lipinski definition) is 1. The van der Waals surface area contributed by atoms with Gasteiger partial charge in [-0.15, -0.1) is 0 Å². The van der Waals surface area contributed by atoms with Gasteiger partial charge in [0, 0.05) is 45.2 Å². The number of amides is 1. The third-order valence-corrected chi connectivity index (χ3v) is 7.00. The van der Waals surface area contributed by atoms with Crippen molar-refractivity contribution in [3.63, 3.8) is 0 Å². The fraction of sp³-hybridized carbons (Fsp3) is 0.720. The number of likely N-dealkylation sites (N-methyl/N-ethyl adjacent to an activating group) is 1. The van der Waals surface area contributed by atoms with Crippen LogP contribution in [0.25, 0.3) is 0 Å². The maximum Gasteiger partial charge on any atom is 0.234 e. The van der Waals surface area contributed by atoms with Crippen molar-refractivity contribution in [3.05, 3.63) is 23.8 Å². The van der Waals surface area contributed by atoms with E-state index >= 15 is 0 Å². The summed E-state index contributed by atoms with van der Waals surface area (Å²) in [5, 5.41) is 3.29. The molecule has 2 unspecified atom stereocenters. The fourth-order valence-corrected chi connectivity index (χ4v) is 5.15. The van der Waals surface area contributed by atoms with Crippen molar-refractivity contribution in [1.29, 1.82) is 0 Å². The zero-order valence-electron chi connectivity index (χ0n) is 20.0. The molecule has 2 fully saturated rings. The molecule has 7 heteroatoms. The smallest absolute Gasteiger partial charge is 0.234 e. The molecule has 0 spiro atoms. The summed E-state index contributed by atoms with van der Waals surface area (Å²) in [6.07, 6.45) is 3.48. The number of benzene rings is 1. The number of likely N-dealkylation sites (tertiary alicyclic amines) is 1. The molecule has 1 N–H and O–H groups in total. The Morgan fingerprint density at radius 1 is 1.06 bits per heavy atom. The van der Waals surface area contributed by atoms with Gasteiger partial charge in [0.2, 0.25) is 5.91 Å². The van der Waals surface area contributed by atoms with Gasteiger partial charge in [0.25, 0.3) is 0 Å². The molecule has 1 aromatic carbocycles. The highest BCUT2D eigenvalue weighted by Crippen LogP contribution is 2.34. The SMILES string of the molecule is CC(C)C(NC(=O)CN1CCN(C2CCCN(C)C2)CC1)c1ccc2c(c1)OCCCO2. The van der Waals surface area contributed by atoms with E-state index in [9.17, 15) is 4.79 Å². The molecule has 3 aliphatic heterocycles. The second-order valence-corrected chi connectivity index (χ2v) is 9.92. The Kier molecular flexibility index (Phi) is 7.92. The standard InChI is InChI=1S/C25H40N4O3/c1-19(2)25(20-7-8-22-23(16-20)32-15-5-14-31-22)26-24(30)18-28-10-12-29(13-11-28)21-6-4-9-27(3)17-21/h7-8,16,19,21,25H,4-6,9-15,17-18H2,1-3H3,(H,26,30). The van der Waals surface area contributed by atoms with E-state index in [0.29, 0.717) is 25.8 Å². The highest BCUT2D eigenvalue weighted by Gasteiger charge is 2.28. The van der Waals surface area contributed by atoms with E-state index in [1.54, 1.807) is 0 Å². The molecule has 4 rings (SSSR count). The summed E-state index contributed by atoms with van der Waals surface area (Å²) in [7, 11) is 2.22. The predicted octanol–water partition coefficient (Wildman–Crippen LogP) is 2.37. The minimum atomic E-state index is -0.0429. The number of hydrogen-bond acceptors (Lipinski definition) is 6. The van der Waals surface area contributed by atoms with Crippen molar-refractivity contribution in [2.45, 2.75) is 45.2 Å². The molecule has 0 saturated carbocycles. The predicted molar refractivity (Wildman–Crippen MR) is 126 cm³/mol. The lowest BCUT2D eigenvalue weighted by Crippen LogP contribution is -2.55. The Morgan fingerprint density at radius 2 is 1.81 bits per heavy atom. The van der Waals surface area contributed by atoms with Gasteiger partial charge in [0.1, 0.15) is 0 Å². The van der Waals surface area contributed by atoms with Crippen molar-refractivity contribution in [1.82, 2.24) is 20.0 Å². The Morgan fingerprint density at radius 3 is 2.53 bits per heavy atom. The van der Waals surface area contributed by atoms with Crippen LogP contribution in [0.2, 0.25) is 0 Å². The van der Waals surface area contributed by atoms with Gasteiger partial charge in [-0.1, -0.05) is 19.9 Å². The van der Waals surface area contributed by atoms with Gasteiger partial charge in [0.05, 0.1) is 25.8 Å². The van der Waals surface area contributed by atoms with E-state index in [4.69, 9.17) is 9.47 Å². The fourth-order valence-electron chi connectivity index (χ4n) is 5.15. The number of piperidine rings is 1. The molecule has 1 aromatic rings. The molecule has 0 aliphatic carbocycles. The van der Waals surface area contributed by atoms with Crippen molar-refractivity contribution in [2.24, 2.45) is 5.92 Å². The molecule has 3 heterocycles. The molecular weight excluding hydrogens is 404 g/mol. The monoisotopic (exact) mass is 444 g/mol.